The molecule has 0 spiro atoms. The van der Waals surface area contributed by atoms with E-state index >= 15 is 0 Å². The molecule has 0 aliphatic carbocycles. The van der Waals surface area contributed by atoms with E-state index in [1.54, 1.807) is 54.3 Å². The van der Waals surface area contributed by atoms with Crippen molar-refractivity contribution in [2.45, 2.75) is 19.6 Å². The van der Waals surface area contributed by atoms with E-state index in [0.29, 0.717) is 53.8 Å². The lowest BCUT2D eigenvalue weighted by molar-refractivity contribution is 0.0484. The molecule has 2 heterocycles. The molecule has 3 N–H and O–H groups in total. The summed E-state index contributed by atoms with van der Waals surface area (Å²) in [7, 11) is 0. The first-order valence-electron chi connectivity index (χ1n) is 13.7. The van der Waals surface area contributed by atoms with Gasteiger partial charge in [-0.15, -0.1) is 0 Å². The number of hydrogen-bond acceptors (Lipinski definition) is 8. The summed E-state index contributed by atoms with van der Waals surface area (Å²) in [5, 5.41) is 11.9. The molecular weight excluding hydrogens is 558 g/mol. The number of benzene rings is 3. The van der Waals surface area contributed by atoms with Crippen LogP contribution in [-0.2, 0) is 16.1 Å². The quantitative estimate of drug-likeness (QED) is 0.193. The second-order valence-corrected chi connectivity index (χ2v) is 10.3. The number of hydrogen-bond donors (Lipinski definition) is 2. The Labute approximate surface area is 249 Å². The Morgan fingerprint density at radius 1 is 0.952 bits per heavy atom. The van der Waals surface area contributed by atoms with Crippen molar-refractivity contribution in [1.82, 2.24) is 4.90 Å². The van der Waals surface area contributed by atoms with E-state index in [-0.39, 0.29) is 30.6 Å². The molecule has 4 aromatic rings. The van der Waals surface area contributed by atoms with Crippen LogP contribution in [0.3, 0.4) is 0 Å². The summed E-state index contributed by atoms with van der Waals surface area (Å²) in [6.45, 7) is 4.28. The summed E-state index contributed by atoms with van der Waals surface area (Å²) in [5.41, 5.74) is 9.95. The van der Waals surface area contributed by atoms with Crippen molar-refractivity contribution in [1.29, 1.82) is 0 Å². The van der Waals surface area contributed by atoms with E-state index in [1.807, 2.05) is 36.4 Å². The fourth-order valence-corrected chi connectivity index (χ4v) is 4.98. The summed E-state index contributed by atoms with van der Waals surface area (Å²) in [4.78, 5) is 29.1. The van der Waals surface area contributed by atoms with Gasteiger partial charge in [0.25, 0.3) is 0 Å². The van der Waals surface area contributed by atoms with Crippen LogP contribution in [0.2, 0.25) is 5.02 Å². The van der Waals surface area contributed by atoms with Crippen molar-refractivity contribution in [3.05, 3.63) is 106 Å². The van der Waals surface area contributed by atoms with Crippen LogP contribution < -0.4 is 10.6 Å². The van der Waals surface area contributed by atoms with Crippen molar-refractivity contribution >= 4 is 35.0 Å². The van der Waals surface area contributed by atoms with Gasteiger partial charge in [0.2, 0.25) is 5.76 Å². The first kappa shape index (κ1) is 29.0. The van der Waals surface area contributed by atoms with Gasteiger partial charge in [-0.3, -0.25) is 0 Å². The highest BCUT2D eigenvalue weighted by Gasteiger charge is 2.28. The highest BCUT2D eigenvalue weighted by molar-refractivity contribution is 6.30. The van der Waals surface area contributed by atoms with Crippen LogP contribution in [0.5, 0.6) is 0 Å². The Morgan fingerprint density at radius 2 is 1.67 bits per heavy atom. The highest BCUT2D eigenvalue weighted by atomic mass is 35.5. The van der Waals surface area contributed by atoms with E-state index in [0.717, 1.165) is 11.3 Å². The number of aliphatic hydroxyl groups excluding tert-OH is 1. The number of nitrogens with two attached hydrogens (primary N) is 1. The fourth-order valence-electron chi connectivity index (χ4n) is 4.85. The summed E-state index contributed by atoms with van der Waals surface area (Å²) in [6.07, 6.45) is -1.58. The molecule has 0 radical (unpaired) electrons. The molecule has 1 saturated heterocycles. The number of anilines is 2. The zero-order chi connectivity index (χ0) is 29.6. The molecule has 1 aliphatic heterocycles. The highest BCUT2D eigenvalue weighted by Crippen LogP contribution is 2.36. The molecule has 1 aromatic heterocycles. The number of esters is 1. The zero-order valence-electron chi connectivity index (χ0n) is 23.2. The van der Waals surface area contributed by atoms with Gasteiger partial charge in [-0.2, -0.15) is 0 Å². The van der Waals surface area contributed by atoms with Crippen LogP contribution >= 0.6 is 11.6 Å². The third-order valence-corrected chi connectivity index (χ3v) is 7.37. The molecular formula is C32H32ClN3O6. The van der Waals surface area contributed by atoms with Crippen molar-refractivity contribution in [3.63, 3.8) is 0 Å². The number of furan rings is 1. The van der Waals surface area contributed by atoms with Crippen molar-refractivity contribution in [3.8, 4) is 11.3 Å². The summed E-state index contributed by atoms with van der Waals surface area (Å²) >= 11 is 6.01. The van der Waals surface area contributed by atoms with Crippen molar-refractivity contribution in [2.24, 2.45) is 0 Å². The number of aliphatic hydroxyl groups is 1. The van der Waals surface area contributed by atoms with Gasteiger partial charge in [0.1, 0.15) is 18.5 Å². The lowest BCUT2D eigenvalue weighted by Gasteiger charge is -2.35. The van der Waals surface area contributed by atoms with Gasteiger partial charge in [-0.05, 0) is 55.0 Å². The number of rotatable bonds is 8. The SMILES string of the molecule is CCOC(=O)c1oc(-c2ccc(Cl)cc2)cc1C(O)c1ccc(N2CCN(C(=O)OCc3ccccc3)CC2)cc1N. The van der Waals surface area contributed by atoms with Gasteiger partial charge in [-0.25, -0.2) is 9.59 Å². The van der Waals surface area contributed by atoms with Gasteiger partial charge < -0.3 is 34.5 Å². The maximum absolute atomic E-state index is 12.7. The molecule has 1 unspecified atom stereocenters. The maximum atomic E-state index is 12.7. The van der Waals surface area contributed by atoms with Gasteiger partial charge in [0, 0.05) is 59.3 Å². The number of nitrogens with zero attached hydrogens (tertiary/aromatic N) is 2. The van der Waals surface area contributed by atoms with Gasteiger partial charge in [0.05, 0.1) is 6.61 Å². The van der Waals surface area contributed by atoms with Gasteiger partial charge in [0.15, 0.2) is 0 Å². The minimum atomic E-state index is -1.24. The number of amides is 1. The normalized spacial score (nSPS) is 14.0. The summed E-state index contributed by atoms with van der Waals surface area (Å²) in [5.74, 6) is -0.380. The molecule has 1 fully saturated rings. The Balaban J connectivity index is 1.28. The topological polar surface area (TPSA) is 118 Å². The Bertz CT molecular complexity index is 1530. The molecule has 42 heavy (non-hydrogen) atoms. The molecule has 9 nitrogen and oxygen atoms in total. The van der Waals surface area contributed by atoms with E-state index in [9.17, 15) is 14.7 Å². The van der Waals surface area contributed by atoms with E-state index < -0.39 is 12.1 Å². The molecule has 218 valence electrons. The van der Waals surface area contributed by atoms with Gasteiger partial charge in [-0.1, -0.05) is 48.0 Å². The monoisotopic (exact) mass is 589 g/mol. The number of ether oxygens (including phenoxy) is 2. The van der Waals surface area contributed by atoms with Crippen LogP contribution in [0.25, 0.3) is 11.3 Å². The predicted octanol–water partition coefficient (Wildman–Crippen LogP) is 5.90. The molecule has 3 aromatic carbocycles. The van der Waals surface area contributed by atoms with Gasteiger partial charge >= 0.3 is 12.1 Å². The van der Waals surface area contributed by atoms with Crippen LogP contribution in [0.15, 0.2) is 83.3 Å². The lowest BCUT2D eigenvalue weighted by atomic mass is 9.98. The minimum Gasteiger partial charge on any atom is -0.460 e. The average Bonchev–Trinajstić information content (AvgIpc) is 3.46. The first-order chi connectivity index (χ1) is 20.3. The largest absolute Gasteiger partial charge is 0.460 e. The molecule has 1 atom stereocenters. The smallest absolute Gasteiger partial charge is 0.410 e. The van der Waals surface area contributed by atoms with Crippen molar-refractivity contribution in [2.75, 3.05) is 43.4 Å². The van der Waals surface area contributed by atoms with Crippen LogP contribution in [0.1, 0.15) is 40.3 Å². The van der Waals surface area contributed by atoms with E-state index in [2.05, 4.69) is 4.90 Å². The number of nitrogen functional groups attached to an aromatic ring is 1. The summed E-state index contributed by atoms with van der Waals surface area (Å²) in [6, 6.07) is 23.5. The Hall–Kier alpha value is -4.47. The first-order valence-corrected chi connectivity index (χ1v) is 14.1. The predicted molar refractivity (Wildman–Crippen MR) is 160 cm³/mol. The van der Waals surface area contributed by atoms with Crippen LogP contribution in [-0.4, -0.2) is 54.9 Å². The molecule has 1 aliphatic rings. The summed E-state index contributed by atoms with van der Waals surface area (Å²) < 4.78 is 16.5. The molecule has 0 bridgehead atoms. The average molecular weight is 590 g/mol. The van der Waals surface area contributed by atoms with Crippen LogP contribution in [0.4, 0.5) is 16.2 Å². The number of carbonyl (C=O) groups is 2. The minimum absolute atomic E-state index is 0.0898. The van der Waals surface area contributed by atoms with E-state index in [4.69, 9.17) is 31.2 Å². The standard InChI is InChI=1S/C32H32ClN3O6/c1-2-40-31(38)30-26(19-28(42-30)22-8-10-23(33)11-9-22)29(37)25-13-12-24(18-27(25)34)35-14-16-36(17-15-35)32(39)41-20-21-6-4-3-5-7-21/h3-13,18-19,29,37H,2,14-17,20,34H2,1H3. The van der Waals surface area contributed by atoms with Crippen LogP contribution in [0, 0.1) is 0 Å². The Morgan fingerprint density at radius 3 is 2.33 bits per heavy atom. The number of carbonyl (C=O) groups excluding carboxylic acids is 2. The molecule has 1 amide bonds. The molecule has 0 saturated carbocycles. The third-order valence-electron chi connectivity index (χ3n) is 7.12. The second-order valence-electron chi connectivity index (χ2n) is 9.85. The second kappa shape index (κ2) is 13.0. The lowest BCUT2D eigenvalue weighted by Crippen LogP contribution is -2.49. The number of piperazine rings is 1. The van der Waals surface area contributed by atoms with Crippen molar-refractivity contribution < 1.29 is 28.6 Å². The molecule has 5 rings (SSSR count). The maximum Gasteiger partial charge on any atom is 0.410 e. The fraction of sp³-hybridized carbons (Fsp3) is 0.250. The number of halogens is 1. The third kappa shape index (κ3) is 6.53. The Kier molecular flexibility index (Phi) is 9.00. The van der Waals surface area contributed by atoms with E-state index in [1.165, 1.54) is 0 Å². The zero-order valence-corrected chi connectivity index (χ0v) is 23.9. The molecule has 10 heteroatoms.